The van der Waals surface area contributed by atoms with Crippen LogP contribution in [-0.2, 0) is 39.3 Å². The van der Waals surface area contributed by atoms with Crippen molar-refractivity contribution in [3.8, 4) is 33.1 Å². The number of methoxy groups -OCH3 is 2. The minimum atomic E-state index is -0.866. The zero-order valence-corrected chi connectivity index (χ0v) is 42.7. The smallest absolute Gasteiger partial charge is 0.259 e. The van der Waals surface area contributed by atoms with Crippen molar-refractivity contribution in [3.05, 3.63) is 93.7 Å². The SMILES string of the molecule is COc1cc(-c2cn(C)c(=O)c3cnccc23)cc(OC)c1CN(C)CC(=O)NCCCCCCCCCC(=O)N[C@H](C(=O)N1C[C@H](O)C[C@H]1C(=O)NCc1ccc(-c2scnc2C)cc1)C(C)(C)C. The highest BCUT2D eigenvalue weighted by molar-refractivity contribution is 7.13. The third-order valence-corrected chi connectivity index (χ3v) is 13.8. The third kappa shape index (κ3) is 13.8. The molecule has 70 heavy (non-hydrogen) atoms. The molecule has 0 saturated carbocycles. The molecule has 16 nitrogen and oxygen atoms in total. The van der Waals surface area contributed by atoms with E-state index in [0.717, 1.165) is 82.3 Å². The summed E-state index contributed by atoms with van der Waals surface area (Å²) in [7, 11) is 6.78. The molecule has 2 aromatic carbocycles. The van der Waals surface area contributed by atoms with Crippen LogP contribution in [0.3, 0.4) is 0 Å². The molecule has 0 aliphatic carbocycles. The Morgan fingerprint density at radius 2 is 1.59 bits per heavy atom. The lowest BCUT2D eigenvalue weighted by molar-refractivity contribution is -0.144. The van der Waals surface area contributed by atoms with Gasteiger partial charge in [-0.2, -0.15) is 0 Å². The molecule has 3 aromatic heterocycles. The maximum atomic E-state index is 14.0. The van der Waals surface area contributed by atoms with Crippen molar-refractivity contribution in [2.24, 2.45) is 12.5 Å². The summed E-state index contributed by atoms with van der Waals surface area (Å²) >= 11 is 1.58. The first kappa shape index (κ1) is 53.2. The lowest BCUT2D eigenvalue weighted by atomic mass is 9.85. The van der Waals surface area contributed by atoms with Crippen LogP contribution in [0.5, 0.6) is 11.5 Å². The van der Waals surface area contributed by atoms with E-state index >= 15 is 0 Å². The number of nitrogens with zero attached hydrogens (tertiary/aromatic N) is 5. The largest absolute Gasteiger partial charge is 0.496 e. The Kier molecular flexibility index (Phi) is 18.7. The van der Waals surface area contributed by atoms with E-state index in [4.69, 9.17) is 9.47 Å². The second-order valence-corrected chi connectivity index (χ2v) is 20.3. The molecule has 5 aromatic rings. The number of fused-ring (bicyclic) bond motifs is 1. The molecule has 0 bridgehead atoms. The van der Waals surface area contributed by atoms with E-state index in [1.165, 1.54) is 4.90 Å². The van der Waals surface area contributed by atoms with Crippen LogP contribution in [0.2, 0.25) is 0 Å². The number of unbranched alkanes of at least 4 members (excludes halogenated alkanes) is 6. The summed E-state index contributed by atoms with van der Waals surface area (Å²) < 4.78 is 13.2. The van der Waals surface area contributed by atoms with E-state index in [9.17, 15) is 29.1 Å². The molecule has 1 fully saturated rings. The van der Waals surface area contributed by atoms with E-state index in [1.807, 2.05) is 87.6 Å². The molecule has 4 heterocycles. The van der Waals surface area contributed by atoms with Crippen molar-refractivity contribution in [2.45, 2.75) is 117 Å². The van der Waals surface area contributed by atoms with Crippen LogP contribution >= 0.6 is 11.3 Å². The second-order valence-electron chi connectivity index (χ2n) is 19.4. The number of likely N-dealkylation sites (N-methyl/N-ethyl adjacent to an activating group) is 1. The number of ether oxygens (including phenoxy) is 2. The molecule has 1 saturated heterocycles. The van der Waals surface area contributed by atoms with Crippen LogP contribution in [0.15, 0.2) is 71.4 Å². The molecule has 0 radical (unpaired) electrons. The molecular weight excluding hydrogens is 909 g/mol. The molecular formula is C53H70N8O8S. The summed E-state index contributed by atoms with van der Waals surface area (Å²) in [6, 6.07) is 11.9. The molecule has 17 heteroatoms. The number of pyridine rings is 2. The quantitative estimate of drug-likeness (QED) is 0.0520. The summed E-state index contributed by atoms with van der Waals surface area (Å²) in [5.74, 6) is 0.213. The van der Waals surface area contributed by atoms with Crippen molar-refractivity contribution >= 4 is 45.7 Å². The van der Waals surface area contributed by atoms with Crippen molar-refractivity contribution in [1.29, 1.82) is 0 Å². The minimum Gasteiger partial charge on any atom is -0.496 e. The number of aliphatic hydroxyl groups is 1. The van der Waals surface area contributed by atoms with Gasteiger partial charge < -0.3 is 40.0 Å². The van der Waals surface area contributed by atoms with Crippen LogP contribution in [0.1, 0.15) is 95.4 Å². The van der Waals surface area contributed by atoms with Crippen LogP contribution in [0.4, 0.5) is 0 Å². The number of rotatable bonds is 23. The number of aromatic nitrogens is 3. The van der Waals surface area contributed by atoms with E-state index in [1.54, 1.807) is 55.8 Å². The lowest BCUT2D eigenvalue weighted by Crippen LogP contribution is -2.57. The van der Waals surface area contributed by atoms with E-state index in [-0.39, 0.29) is 61.7 Å². The Morgan fingerprint density at radius 1 is 0.914 bits per heavy atom. The summed E-state index contributed by atoms with van der Waals surface area (Å²) in [6.45, 7) is 9.10. The maximum Gasteiger partial charge on any atom is 0.259 e. The number of amides is 4. The number of hydrogen-bond acceptors (Lipinski definition) is 12. The van der Waals surface area contributed by atoms with Crippen molar-refractivity contribution < 1.29 is 33.8 Å². The van der Waals surface area contributed by atoms with Gasteiger partial charge in [-0.15, -0.1) is 11.3 Å². The number of benzene rings is 2. The van der Waals surface area contributed by atoms with Gasteiger partial charge in [0.05, 0.1) is 53.9 Å². The molecule has 1 aliphatic rings. The van der Waals surface area contributed by atoms with Crippen LogP contribution in [0.25, 0.3) is 32.3 Å². The third-order valence-electron chi connectivity index (χ3n) is 12.9. The number of aryl methyl sites for hydroxylation is 2. The van der Waals surface area contributed by atoms with Gasteiger partial charge in [0.25, 0.3) is 5.56 Å². The van der Waals surface area contributed by atoms with Crippen LogP contribution in [0, 0.1) is 12.3 Å². The first-order chi connectivity index (χ1) is 33.5. The van der Waals surface area contributed by atoms with Gasteiger partial charge in [-0.05, 0) is 72.5 Å². The number of carbonyl (C=O) groups excluding carboxylic acids is 4. The first-order valence-electron chi connectivity index (χ1n) is 24.2. The fourth-order valence-corrected chi connectivity index (χ4v) is 9.81. The topological polar surface area (TPSA) is 197 Å². The van der Waals surface area contributed by atoms with Gasteiger partial charge in [0, 0.05) is 70.2 Å². The highest BCUT2D eigenvalue weighted by Gasteiger charge is 2.44. The molecule has 3 atom stereocenters. The maximum absolute atomic E-state index is 14.0. The second kappa shape index (κ2) is 24.6. The van der Waals surface area contributed by atoms with Crippen LogP contribution < -0.4 is 31.0 Å². The predicted octanol–water partition coefficient (Wildman–Crippen LogP) is 6.53. The number of nitrogens with one attached hydrogen (secondary N) is 3. The summed E-state index contributed by atoms with van der Waals surface area (Å²) in [6.07, 6.45) is 11.0. The molecule has 6 rings (SSSR count). The Morgan fingerprint density at radius 3 is 2.23 bits per heavy atom. The molecule has 4 amide bonds. The first-order valence-corrected chi connectivity index (χ1v) is 25.1. The summed E-state index contributed by atoms with van der Waals surface area (Å²) in [5.41, 5.74) is 6.46. The monoisotopic (exact) mass is 979 g/mol. The molecule has 0 unspecified atom stereocenters. The summed E-state index contributed by atoms with van der Waals surface area (Å²) in [5, 5.41) is 20.8. The number of likely N-dealkylation sites (tertiary alicyclic amines) is 1. The Bertz CT molecular complexity index is 2640. The zero-order valence-electron chi connectivity index (χ0n) is 41.9. The molecule has 376 valence electrons. The van der Waals surface area contributed by atoms with Crippen molar-refractivity contribution in [3.63, 3.8) is 0 Å². The van der Waals surface area contributed by atoms with E-state index in [2.05, 4.69) is 25.9 Å². The zero-order chi connectivity index (χ0) is 50.5. The van der Waals surface area contributed by atoms with E-state index in [0.29, 0.717) is 36.4 Å². The van der Waals surface area contributed by atoms with Gasteiger partial charge in [-0.3, -0.25) is 33.9 Å². The Hall–Kier alpha value is -6.17. The predicted molar refractivity (Wildman–Crippen MR) is 273 cm³/mol. The van der Waals surface area contributed by atoms with Gasteiger partial charge in [-0.1, -0.05) is 77.1 Å². The van der Waals surface area contributed by atoms with Crippen LogP contribution in [-0.4, -0.2) is 112 Å². The molecule has 1 aliphatic heterocycles. The van der Waals surface area contributed by atoms with Crippen molar-refractivity contribution in [1.82, 2.24) is 40.3 Å². The van der Waals surface area contributed by atoms with Crippen molar-refractivity contribution in [2.75, 3.05) is 40.9 Å². The van der Waals surface area contributed by atoms with E-state index < -0.39 is 23.6 Å². The average molecular weight is 979 g/mol. The summed E-state index contributed by atoms with van der Waals surface area (Å²) in [4.78, 5) is 79.2. The highest BCUT2D eigenvalue weighted by Crippen LogP contribution is 2.38. The number of hydrogen-bond donors (Lipinski definition) is 4. The average Bonchev–Trinajstić information content (AvgIpc) is 3.96. The number of β-amino-alcohol motifs (C(OH)–C–C–N with tert-alkyl or cyclic N) is 1. The fourth-order valence-electron chi connectivity index (χ4n) is 9.00. The minimum absolute atomic E-state index is 0.0218. The number of aliphatic hydroxyl groups excluding tert-OH is 1. The van der Waals surface area contributed by atoms with Gasteiger partial charge in [0.15, 0.2) is 0 Å². The normalized spacial score (nSPS) is 15.3. The lowest BCUT2D eigenvalue weighted by Gasteiger charge is -2.35. The Balaban J connectivity index is 0.868. The number of carbonyl (C=O) groups is 4. The molecule has 4 N–H and O–H groups in total. The standard InChI is InChI=1S/C53H70N8O8S/c1-34-48(70-33-57-34)36-19-17-35(18-20-36)27-56-50(65)43-26-38(62)29-61(43)52(67)49(53(2,3)4)58-46(63)16-14-12-10-9-11-13-15-22-55-47(64)32-59(5)30-42-44(68-7)24-37(25-45(42)69-8)41-31-60(6)51(66)40-28-54-23-21-39(40)41/h17-21,23-25,28,31,33,38,43,49,62H,9-16,22,26-27,29-30,32H2,1-8H3,(H,55,64)(H,56,65)(H,58,63)/t38-,43+,49-/m1/s1. The fraction of sp³-hybridized carbons (Fsp3) is 0.491. The molecule has 0 spiro atoms. The van der Waals surface area contributed by atoms with Gasteiger partial charge in [0.2, 0.25) is 23.6 Å². The Labute approximate surface area is 415 Å². The van der Waals surface area contributed by atoms with Gasteiger partial charge in [0.1, 0.15) is 23.6 Å². The van der Waals surface area contributed by atoms with Gasteiger partial charge in [-0.25, -0.2) is 4.98 Å². The van der Waals surface area contributed by atoms with Gasteiger partial charge >= 0.3 is 0 Å². The highest BCUT2D eigenvalue weighted by atomic mass is 32.1. The number of thiazole rings is 1.